The van der Waals surface area contributed by atoms with E-state index in [1.54, 1.807) is 48.5 Å². The maximum atomic E-state index is 12.9. The highest BCUT2D eigenvalue weighted by Crippen LogP contribution is 2.29. The van der Waals surface area contributed by atoms with Gasteiger partial charge >= 0.3 is 0 Å². The summed E-state index contributed by atoms with van der Waals surface area (Å²) >= 11 is 0. The normalized spacial score (nSPS) is 10.4. The van der Waals surface area contributed by atoms with E-state index in [1.165, 1.54) is 29.2 Å². The highest BCUT2D eigenvalue weighted by Gasteiger charge is 2.19. The number of tetrazole rings is 1. The molecule has 4 rings (SSSR count). The Morgan fingerprint density at radius 1 is 1.03 bits per heavy atom. The lowest BCUT2D eigenvalue weighted by atomic mass is 10.1. The molecular weight excluding hydrogens is 388 g/mol. The van der Waals surface area contributed by atoms with Crippen LogP contribution in [0.2, 0.25) is 0 Å². The van der Waals surface area contributed by atoms with E-state index in [-0.39, 0.29) is 17.0 Å². The van der Waals surface area contributed by atoms with Crippen LogP contribution < -0.4 is 10.1 Å². The number of amides is 1. The third-order valence-corrected chi connectivity index (χ3v) is 4.13. The monoisotopic (exact) mass is 402 g/mol. The van der Waals surface area contributed by atoms with Crippen molar-refractivity contribution in [3.05, 3.63) is 94.8 Å². The second-order valence-electron chi connectivity index (χ2n) is 6.11. The fourth-order valence-corrected chi connectivity index (χ4v) is 2.69. The number of carbonyl (C=O) groups excluding carboxylic acids is 1. The van der Waals surface area contributed by atoms with Crippen molar-refractivity contribution in [3.63, 3.8) is 0 Å². The summed E-state index contributed by atoms with van der Waals surface area (Å²) in [5, 5.41) is 24.8. The molecular formula is C20H14N6O4. The third-order valence-electron chi connectivity index (χ3n) is 4.13. The largest absolute Gasteiger partial charge is 0.457 e. The smallest absolute Gasteiger partial charge is 0.270 e. The van der Waals surface area contributed by atoms with Gasteiger partial charge in [0.2, 0.25) is 0 Å². The summed E-state index contributed by atoms with van der Waals surface area (Å²) in [5.41, 5.74) is 1.03. The Labute approximate surface area is 169 Å². The molecule has 0 bridgehead atoms. The van der Waals surface area contributed by atoms with Crippen molar-refractivity contribution in [2.75, 3.05) is 5.32 Å². The van der Waals surface area contributed by atoms with E-state index in [0.717, 1.165) is 0 Å². The Bertz CT molecular complexity index is 1180. The second kappa shape index (κ2) is 8.19. The van der Waals surface area contributed by atoms with Crippen LogP contribution in [0.25, 0.3) is 5.69 Å². The maximum absolute atomic E-state index is 12.9. The lowest BCUT2D eigenvalue weighted by molar-refractivity contribution is -0.384. The molecule has 0 aliphatic rings. The zero-order valence-corrected chi connectivity index (χ0v) is 15.4. The highest BCUT2D eigenvalue weighted by molar-refractivity contribution is 6.06. The van der Waals surface area contributed by atoms with Gasteiger partial charge in [0.1, 0.15) is 17.8 Å². The molecule has 0 fully saturated rings. The molecule has 10 heteroatoms. The predicted octanol–water partition coefficient (Wildman–Crippen LogP) is 3.62. The van der Waals surface area contributed by atoms with Gasteiger partial charge in [-0.15, -0.1) is 5.10 Å². The van der Waals surface area contributed by atoms with Gasteiger partial charge in [-0.2, -0.15) is 0 Å². The summed E-state index contributed by atoms with van der Waals surface area (Å²) in [6.07, 6.45) is 1.45. The Morgan fingerprint density at radius 3 is 2.47 bits per heavy atom. The Balaban J connectivity index is 1.60. The number of aromatic nitrogens is 4. The van der Waals surface area contributed by atoms with E-state index >= 15 is 0 Å². The van der Waals surface area contributed by atoms with Crippen LogP contribution in [0.1, 0.15) is 10.4 Å². The standard InChI is InChI=1S/C20H14N6O4/c27-20(22-14-6-8-15(9-7-14)25-13-21-23-24-25)18-12-16(26(28)29)10-11-19(18)30-17-4-2-1-3-5-17/h1-13H,(H,22,27). The first-order chi connectivity index (χ1) is 14.6. The van der Waals surface area contributed by atoms with Gasteiger partial charge in [-0.1, -0.05) is 18.2 Å². The minimum absolute atomic E-state index is 0.0394. The predicted molar refractivity (Wildman–Crippen MR) is 107 cm³/mol. The van der Waals surface area contributed by atoms with Gasteiger partial charge in [0.05, 0.1) is 16.2 Å². The summed E-state index contributed by atoms with van der Waals surface area (Å²) in [6.45, 7) is 0. The average molecular weight is 402 g/mol. The number of ether oxygens (including phenoxy) is 1. The van der Waals surface area contributed by atoms with Gasteiger partial charge < -0.3 is 10.1 Å². The molecule has 0 saturated heterocycles. The number of para-hydroxylation sites is 1. The van der Waals surface area contributed by atoms with Crippen molar-refractivity contribution in [3.8, 4) is 17.2 Å². The number of anilines is 1. The first-order valence-electron chi connectivity index (χ1n) is 8.76. The molecule has 1 heterocycles. The number of hydrogen-bond donors (Lipinski definition) is 1. The van der Waals surface area contributed by atoms with Gasteiger partial charge in [0, 0.05) is 17.8 Å². The van der Waals surface area contributed by atoms with Crippen LogP contribution in [0.3, 0.4) is 0 Å². The first kappa shape index (κ1) is 18.7. The van der Waals surface area contributed by atoms with Gasteiger partial charge in [0.25, 0.3) is 11.6 Å². The van der Waals surface area contributed by atoms with Crippen molar-refractivity contribution in [2.24, 2.45) is 0 Å². The van der Waals surface area contributed by atoms with Crippen molar-refractivity contribution in [2.45, 2.75) is 0 Å². The Hall–Kier alpha value is -4.60. The van der Waals surface area contributed by atoms with Gasteiger partial charge in [-0.05, 0) is 52.9 Å². The van der Waals surface area contributed by atoms with Crippen LogP contribution >= 0.6 is 0 Å². The molecule has 1 amide bonds. The van der Waals surface area contributed by atoms with E-state index in [9.17, 15) is 14.9 Å². The number of hydrogen-bond acceptors (Lipinski definition) is 7. The van der Waals surface area contributed by atoms with Crippen LogP contribution in [0.4, 0.5) is 11.4 Å². The molecule has 0 aliphatic heterocycles. The van der Waals surface area contributed by atoms with Gasteiger partial charge in [-0.25, -0.2) is 4.68 Å². The summed E-state index contributed by atoms with van der Waals surface area (Å²) < 4.78 is 7.23. The number of nitrogens with zero attached hydrogens (tertiary/aromatic N) is 5. The van der Waals surface area contributed by atoms with Crippen LogP contribution in [0.5, 0.6) is 11.5 Å². The molecule has 1 N–H and O–H groups in total. The number of nitrogens with one attached hydrogen (secondary N) is 1. The van der Waals surface area contributed by atoms with E-state index in [1.807, 2.05) is 6.07 Å². The zero-order chi connectivity index (χ0) is 20.9. The van der Waals surface area contributed by atoms with E-state index < -0.39 is 10.8 Å². The van der Waals surface area contributed by atoms with Crippen LogP contribution in [0, 0.1) is 10.1 Å². The summed E-state index contributed by atoms with van der Waals surface area (Å²) in [4.78, 5) is 23.5. The summed E-state index contributed by atoms with van der Waals surface area (Å²) in [6, 6.07) is 19.5. The molecule has 30 heavy (non-hydrogen) atoms. The molecule has 10 nitrogen and oxygen atoms in total. The second-order valence-corrected chi connectivity index (χ2v) is 6.11. The van der Waals surface area contributed by atoms with Crippen molar-refractivity contribution in [1.82, 2.24) is 20.2 Å². The molecule has 0 atom stereocenters. The van der Waals surface area contributed by atoms with E-state index in [4.69, 9.17) is 4.74 Å². The molecule has 0 aliphatic carbocycles. The maximum Gasteiger partial charge on any atom is 0.270 e. The molecule has 4 aromatic rings. The quantitative estimate of drug-likeness (QED) is 0.386. The SMILES string of the molecule is O=C(Nc1ccc(-n2cnnn2)cc1)c1cc([N+](=O)[O-])ccc1Oc1ccccc1. The van der Waals surface area contributed by atoms with Gasteiger partial charge in [-0.3, -0.25) is 14.9 Å². The third kappa shape index (κ3) is 4.12. The van der Waals surface area contributed by atoms with Gasteiger partial charge in [0.15, 0.2) is 0 Å². The minimum Gasteiger partial charge on any atom is -0.457 e. The van der Waals surface area contributed by atoms with Crippen molar-refractivity contribution < 1.29 is 14.5 Å². The van der Waals surface area contributed by atoms with Crippen LogP contribution in [-0.4, -0.2) is 31.0 Å². The Kier molecular flexibility index (Phi) is 5.12. The van der Waals surface area contributed by atoms with E-state index in [0.29, 0.717) is 17.1 Å². The molecule has 0 spiro atoms. The summed E-state index contributed by atoms with van der Waals surface area (Å²) in [5.74, 6) is 0.167. The number of non-ortho nitro benzene ring substituents is 1. The number of nitro groups is 1. The van der Waals surface area contributed by atoms with Crippen molar-refractivity contribution in [1.29, 1.82) is 0 Å². The highest BCUT2D eigenvalue weighted by atomic mass is 16.6. The lowest BCUT2D eigenvalue weighted by Gasteiger charge is -2.12. The van der Waals surface area contributed by atoms with Crippen LogP contribution in [-0.2, 0) is 0 Å². The van der Waals surface area contributed by atoms with E-state index in [2.05, 4.69) is 20.8 Å². The molecule has 0 saturated carbocycles. The molecule has 148 valence electrons. The van der Waals surface area contributed by atoms with Crippen molar-refractivity contribution >= 4 is 17.3 Å². The first-order valence-corrected chi connectivity index (χ1v) is 8.76. The number of carbonyl (C=O) groups is 1. The molecule has 0 unspecified atom stereocenters. The summed E-state index contributed by atoms with van der Waals surface area (Å²) in [7, 11) is 0. The Morgan fingerprint density at radius 2 is 1.80 bits per heavy atom. The number of benzene rings is 3. The molecule has 0 radical (unpaired) electrons. The minimum atomic E-state index is -0.565. The topological polar surface area (TPSA) is 125 Å². The fourth-order valence-electron chi connectivity index (χ4n) is 2.69. The number of nitro benzene ring substituents is 1. The molecule has 1 aromatic heterocycles. The zero-order valence-electron chi connectivity index (χ0n) is 15.4. The lowest BCUT2D eigenvalue weighted by Crippen LogP contribution is -2.13. The molecule has 3 aromatic carbocycles. The average Bonchev–Trinajstić information content (AvgIpc) is 3.30. The number of rotatable bonds is 6. The fraction of sp³-hybridized carbons (Fsp3) is 0. The van der Waals surface area contributed by atoms with Crippen LogP contribution in [0.15, 0.2) is 79.1 Å².